The van der Waals surface area contributed by atoms with E-state index in [1.165, 1.54) is 36.5 Å². The van der Waals surface area contributed by atoms with Gasteiger partial charge < -0.3 is 10.6 Å². The van der Waals surface area contributed by atoms with Crippen LogP contribution in [0.5, 0.6) is 0 Å². The molecule has 3 rings (SSSR count). The Hall–Kier alpha value is -2.99. The van der Waals surface area contributed by atoms with Crippen LogP contribution in [0.4, 0.5) is 21.7 Å². The third kappa shape index (κ3) is 4.05. The summed E-state index contributed by atoms with van der Waals surface area (Å²) in [4.78, 5) is 20.4. The number of nitrogens with one attached hydrogen (secondary N) is 2. The number of benzene rings is 2. The van der Waals surface area contributed by atoms with Crippen LogP contribution in [0.2, 0.25) is 5.02 Å². The molecular weight excluding hydrogens is 331 g/mol. The lowest BCUT2D eigenvalue weighted by atomic mass is 10.3. The van der Waals surface area contributed by atoms with Gasteiger partial charge in [-0.15, -0.1) is 0 Å². The first-order valence-corrected chi connectivity index (χ1v) is 7.40. The average molecular weight is 343 g/mol. The third-order valence-corrected chi connectivity index (χ3v) is 3.34. The number of nitrogens with zero attached hydrogens (tertiary/aromatic N) is 2. The summed E-state index contributed by atoms with van der Waals surface area (Å²) in [6.07, 6.45) is 1.48. The van der Waals surface area contributed by atoms with Crippen molar-refractivity contribution in [2.24, 2.45) is 0 Å². The summed E-state index contributed by atoms with van der Waals surface area (Å²) >= 11 is 5.83. The van der Waals surface area contributed by atoms with Gasteiger partial charge in [0.1, 0.15) is 11.5 Å². The van der Waals surface area contributed by atoms with E-state index in [2.05, 4.69) is 20.6 Å². The maximum absolute atomic E-state index is 12.9. The summed E-state index contributed by atoms with van der Waals surface area (Å²) < 4.78 is 12.9. The average Bonchev–Trinajstić information content (AvgIpc) is 2.59. The quantitative estimate of drug-likeness (QED) is 0.743. The molecule has 7 heteroatoms. The first kappa shape index (κ1) is 15.9. The highest BCUT2D eigenvalue weighted by Gasteiger charge is 2.09. The Kier molecular flexibility index (Phi) is 4.67. The monoisotopic (exact) mass is 342 g/mol. The highest BCUT2D eigenvalue weighted by Crippen LogP contribution is 2.17. The van der Waals surface area contributed by atoms with E-state index in [1.54, 1.807) is 24.3 Å². The number of anilines is 3. The normalized spacial score (nSPS) is 10.2. The van der Waals surface area contributed by atoms with Gasteiger partial charge in [-0.3, -0.25) is 4.79 Å². The molecule has 2 aromatic carbocycles. The van der Waals surface area contributed by atoms with Crippen molar-refractivity contribution in [1.82, 2.24) is 9.97 Å². The van der Waals surface area contributed by atoms with Crippen LogP contribution in [0.25, 0.3) is 0 Å². The molecule has 0 spiro atoms. The van der Waals surface area contributed by atoms with Crippen LogP contribution in [0, 0.1) is 5.82 Å². The van der Waals surface area contributed by atoms with Crippen LogP contribution < -0.4 is 10.6 Å². The molecular formula is C17H12ClFN4O. The van der Waals surface area contributed by atoms with Gasteiger partial charge in [-0.25, -0.2) is 14.4 Å². The lowest BCUT2D eigenvalue weighted by molar-refractivity contribution is 0.102. The molecule has 0 aliphatic rings. The van der Waals surface area contributed by atoms with Crippen molar-refractivity contribution < 1.29 is 9.18 Å². The van der Waals surface area contributed by atoms with Crippen molar-refractivity contribution >= 4 is 34.8 Å². The second-order valence-electron chi connectivity index (χ2n) is 4.86. The van der Waals surface area contributed by atoms with E-state index in [9.17, 15) is 9.18 Å². The Bertz CT molecular complexity index is 853. The minimum atomic E-state index is -0.414. The Morgan fingerprint density at radius 2 is 1.62 bits per heavy atom. The summed E-state index contributed by atoms with van der Waals surface area (Å²) in [6.45, 7) is 0. The number of hydrogen-bond acceptors (Lipinski definition) is 4. The predicted octanol–water partition coefficient (Wildman–Crippen LogP) is 4.27. The highest BCUT2D eigenvalue weighted by molar-refractivity contribution is 6.30. The van der Waals surface area contributed by atoms with Crippen LogP contribution in [-0.4, -0.2) is 15.9 Å². The van der Waals surface area contributed by atoms with E-state index in [4.69, 9.17) is 11.6 Å². The Labute approximate surface area is 142 Å². The van der Waals surface area contributed by atoms with Crippen LogP contribution in [0.1, 0.15) is 10.5 Å². The fourth-order valence-electron chi connectivity index (χ4n) is 1.94. The molecule has 1 amide bonds. The zero-order valence-electron chi connectivity index (χ0n) is 12.3. The van der Waals surface area contributed by atoms with Gasteiger partial charge in [-0.1, -0.05) is 11.6 Å². The van der Waals surface area contributed by atoms with Crippen molar-refractivity contribution in [3.8, 4) is 0 Å². The zero-order valence-corrected chi connectivity index (χ0v) is 13.1. The smallest absolute Gasteiger partial charge is 0.274 e. The van der Waals surface area contributed by atoms with Gasteiger partial charge in [0.25, 0.3) is 5.91 Å². The number of rotatable bonds is 4. The molecule has 0 saturated carbocycles. The molecule has 0 fully saturated rings. The number of carbonyl (C=O) groups is 1. The SMILES string of the molecule is O=C(Nc1ccc(F)cc1)c1ccnc(Nc2ccc(Cl)cc2)n1. The maximum Gasteiger partial charge on any atom is 0.274 e. The van der Waals surface area contributed by atoms with Crippen molar-refractivity contribution in [1.29, 1.82) is 0 Å². The summed E-state index contributed by atoms with van der Waals surface area (Å²) in [5.74, 6) is -0.503. The molecule has 2 N–H and O–H groups in total. The molecule has 24 heavy (non-hydrogen) atoms. The minimum absolute atomic E-state index is 0.186. The second-order valence-corrected chi connectivity index (χ2v) is 5.29. The van der Waals surface area contributed by atoms with Crippen molar-refractivity contribution in [3.05, 3.63) is 77.3 Å². The zero-order chi connectivity index (χ0) is 16.9. The molecule has 3 aromatic rings. The van der Waals surface area contributed by atoms with E-state index in [-0.39, 0.29) is 17.5 Å². The van der Waals surface area contributed by atoms with Gasteiger partial charge in [0.05, 0.1) is 0 Å². The molecule has 1 heterocycles. The van der Waals surface area contributed by atoms with Crippen molar-refractivity contribution in [2.45, 2.75) is 0 Å². The number of hydrogen-bond donors (Lipinski definition) is 2. The number of amides is 1. The number of halogens is 2. The van der Waals surface area contributed by atoms with Crippen molar-refractivity contribution in [2.75, 3.05) is 10.6 Å². The van der Waals surface area contributed by atoms with Gasteiger partial charge in [0, 0.05) is 22.6 Å². The highest BCUT2D eigenvalue weighted by atomic mass is 35.5. The number of aromatic nitrogens is 2. The van der Waals surface area contributed by atoms with Crippen LogP contribution >= 0.6 is 11.6 Å². The first-order valence-electron chi connectivity index (χ1n) is 7.03. The van der Waals surface area contributed by atoms with E-state index < -0.39 is 5.91 Å². The molecule has 0 atom stereocenters. The predicted molar refractivity (Wildman–Crippen MR) is 91.1 cm³/mol. The molecule has 120 valence electrons. The molecule has 1 aromatic heterocycles. The molecule has 0 radical (unpaired) electrons. The summed E-state index contributed by atoms with van der Waals surface area (Å²) in [6, 6.07) is 14.0. The maximum atomic E-state index is 12.9. The van der Waals surface area contributed by atoms with Crippen LogP contribution in [-0.2, 0) is 0 Å². The van der Waals surface area contributed by atoms with Gasteiger partial charge >= 0.3 is 0 Å². The van der Waals surface area contributed by atoms with Crippen LogP contribution in [0.15, 0.2) is 60.8 Å². The molecule has 0 unspecified atom stereocenters. The Morgan fingerprint density at radius 3 is 2.33 bits per heavy atom. The Morgan fingerprint density at radius 1 is 0.958 bits per heavy atom. The molecule has 0 aliphatic carbocycles. The molecule has 0 aliphatic heterocycles. The molecule has 0 bridgehead atoms. The summed E-state index contributed by atoms with van der Waals surface area (Å²) in [7, 11) is 0. The topological polar surface area (TPSA) is 66.9 Å². The Balaban J connectivity index is 1.73. The van der Waals surface area contributed by atoms with E-state index in [0.717, 1.165) is 5.69 Å². The minimum Gasteiger partial charge on any atom is -0.324 e. The fraction of sp³-hybridized carbons (Fsp3) is 0. The third-order valence-electron chi connectivity index (χ3n) is 3.09. The van der Waals surface area contributed by atoms with Gasteiger partial charge in [-0.05, 0) is 54.6 Å². The lowest BCUT2D eigenvalue weighted by Gasteiger charge is -2.07. The molecule has 0 saturated heterocycles. The largest absolute Gasteiger partial charge is 0.324 e. The molecule has 5 nitrogen and oxygen atoms in total. The van der Waals surface area contributed by atoms with Crippen LogP contribution in [0.3, 0.4) is 0 Å². The van der Waals surface area contributed by atoms with Crippen molar-refractivity contribution in [3.63, 3.8) is 0 Å². The summed E-state index contributed by atoms with van der Waals surface area (Å²) in [5.41, 5.74) is 1.41. The van der Waals surface area contributed by atoms with Gasteiger partial charge in [0.2, 0.25) is 5.95 Å². The van der Waals surface area contributed by atoms with E-state index >= 15 is 0 Å². The number of carbonyl (C=O) groups excluding carboxylic acids is 1. The lowest BCUT2D eigenvalue weighted by Crippen LogP contribution is -2.14. The first-order chi connectivity index (χ1) is 11.6. The second kappa shape index (κ2) is 7.06. The standard InChI is InChI=1S/C17H12ClFN4O/c18-11-1-5-14(6-2-11)22-17-20-10-9-15(23-17)16(24)21-13-7-3-12(19)4-8-13/h1-10H,(H,21,24)(H,20,22,23). The summed E-state index contributed by atoms with van der Waals surface area (Å²) in [5, 5.41) is 6.25. The van der Waals surface area contributed by atoms with Gasteiger partial charge in [-0.2, -0.15) is 0 Å². The van der Waals surface area contributed by atoms with E-state index in [1.807, 2.05) is 0 Å². The van der Waals surface area contributed by atoms with Gasteiger partial charge in [0.15, 0.2) is 0 Å². The van der Waals surface area contributed by atoms with E-state index in [0.29, 0.717) is 10.7 Å². The fourth-order valence-corrected chi connectivity index (χ4v) is 2.06.